The Bertz CT molecular complexity index is 655. The number of nitrogens with zero attached hydrogens (tertiary/aromatic N) is 1. The third kappa shape index (κ3) is 5.35. The molecule has 0 N–H and O–H groups in total. The van der Waals surface area contributed by atoms with Gasteiger partial charge in [0, 0.05) is 0 Å². The highest BCUT2D eigenvalue weighted by molar-refractivity contribution is 7.91. The van der Waals surface area contributed by atoms with Gasteiger partial charge in [0.15, 0.2) is 8.24 Å². The number of carbonyl (C=O) groups excluding carboxylic acids is 1. The van der Waals surface area contributed by atoms with Crippen molar-refractivity contribution in [2.45, 2.75) is 52.2 Å². The Morgan fingerprint density at radius 2 is 1.61 bits per heavy atom. The van der Waals surface area contributed by atoms with Crippen molar-refractivity contribution in [2.75, 3.05) is 6.61 Å². The van der Waals surface area contributed by atoms with E-state index in [1.165, 1.54) is 12.1 Å². The van der Waals surface area contributed by atoms with Gasteiger partial charge in [-0.25, -0.2) is 17.2 Å². The Kier molecular flexibility index (Phi) is 5.69. The van der Waals surface area contributed by atoms with E-state index in [4.69, 9.17) is 4.74 Å². The number of hydrogen-bond donors (Lipinski definition) is 0. The summed E-state index contributed by atoms with van der Waals surface area (Å²) < 4.78 is 32.1. The summed E-state index contributed by atoms with van der Waals surface area (Å²) in [4.78, 5) is 12.6. The number of hydrogen-bond acceptors (Lipinski definition) is 4. The highest BCUT2D eigenvalue weighted by Crippen LogP contribution is 2.25. The van der Waals surface area contributed by atoms with Crippen LogP contribution in [0, 0.1) is 12.3 Å². The fraction of sp³-hybridized carbons (Fsp3) is 0.562. The zero-order valence-electron chi connectivity index (χ0n) is 15.0. The molecule has 0 unspecified atom stereocenters. The minimum Gasteiger partial charge on any atom is -0.449 e. The van der Waals surface area contributed by atoms with Crippen molar-refractivity contribution in [2.24, 2.45) is 5.41 Å². The number of aryl methyl sites for hydroxylation is 1. The first kappa shape index (κ1) is 19.7. The molecule has 130 valence electrons. The van der Waals surface area contributed by atoms with Crippen molar-refractivity contribution in [1.29, 1.82) is 0 Å². The number of amides is 1. The average molecular weight is 358 g/mol. The van der Waals surface area contributed by atoms with Gasteiger partial charge in [-0.3, -0.25) is 0 Å². The van der Waals surface area contributed by atoms with Gasteiger partial charge < -0.3 is 4.74 Å². The van der Waals surface area contributed by atoms with Gasteiger partial charge in [0.05, 0.1) is 11.5 Å². The Labute approximate surface area is 140 Å². The van der Waals surface area contributed by atoms with Gasteiger partial charge in [-0.2, -0.15) is 0 Å². The summed E-state index contributed by atoms with van der Waals surface area (Å²) in [7, 11) is -6.43. The predicted octanol–water partition coefficient (Wildman–Crippen LogP) is 4.00. The fourth-order valence-electron chi connectivity index (χ4n) is 1.89. The molecule has 0 heterocycles. The van der Waals surface area contributed by atoms with Crippen molar-refractivity contribution in [1.82, 2.24) is 3.97 Å². The van der Waals surface area contributed by atoms with Crippen LogP contribution in [0.1, 0.15) is 26.3 Å². The van der Waals surface area contributed by atoms with Gasteiger partial charge in [-0.05, 0) is 24.5 Å². The standard InChI is InChI=1S/C16H27NO4SSi/c1-13-8-10-14(11-9-13)22(19,20)17(23(5,6)7)15(18)21-12-16(2,3)4/h8-11H,12H2,1-7H3. The van der Waals surface area contributed by atoms with Crippen LogP contribution in [0.25, 0.3) is 0 Å². The van der Waals surface area contributed by atoms with E-state index in [1.807, 2.05) is 27.7 Å². The molecule has 0 atom stereocenters. The Morgan fingerprint density at radius 1 is 1.13 bits per heavy atom. The number of sulfonamides is 1. The quantitative estimate of drug-likeness (QED) is 0.764. The Morgan fingerprint density at radius 3 is 2.00 bits per heavy atom. The van der Waals surface area contributed by atoms with E-state index < -0.39 is 24.4 Å². The SMILES string of the molecule is Cc1ccc(S(=O)(=O)N(C(=O)OCC(C)(C)C)[Si](C)(C)C)cc1. The van der Waals surface area contributed by atoms with Gasteiger partial charge in [0.1, 0.15) is 0 Å². The molecule has 0 aliphatic rings. The van der Waals surface area contributed by atoms with E-state index in [9.17, 15) is 13.2 Å². The van der Waals surface area contributed by atoms with Crippen molar-refractivity contribution in [3.63, 3.8) is 0 Å². The van der Waals surface area contributed by atoms with Gasteiger partial charge >= 0.3 is 6.09 Å². The molecule has 23 heavy (non-hydrogen) atoms. The third-order valence-corrected chi connectivity index (χ3v) is 8.23. The maximum absolute atomic E-state index is 12.9. The van der Waals surface area contributed by atoms with Crippen molar-refractivity contribution < 1.29 is 17.9 Å². The van der Waals surface area contributed by atoms with E-state index in [1.54, 1.807) is 31.8 Å². The lowest BCUT2D eigenvalue weighted by atomic mass is 9.99. The first-order valence-electron chi connectivity index (χ1n) is 7.54. The molecule has 0 radical (unpaired) electrons. The maximum atomic E-state index is 12.9. The van der Waals surface area contributed by atoms with Crippen LogP contribution in [0.4, 0.5) is 4.79 Å². The molecule has 7 heteroatoms. The topological polar surface area (TPSA) is 63.7 Å². The summed E-state index contributed by atoms with van der Waals surface area (Å²) in [6.07, 6.45) is -0.792. The van der Waals surface area contributed by atoms with Gasteiger partial charge in [0.2, 0.25) is 0 Å². The first-order valence-corrected chi connectivity index (χ1v) is 12.4. The summed E-state index contributed by atoms with van der Waals surface area (Å²) in [6.45, 7) is 13.2. The van der Waals surface area contributed by atoms with Crippen LogP contribution >= 0.6 is 0 Å². The first-order chi connectivity index (χ1) is 10.2. The number of benzene rings is 1. The van der Waals surface area contributed by atoms with Gasteiger partial charge in [-0.15, -0.1) is 0 Å². The van der Waals surface area contributed by atoms with E-state index in [-0.39, 0.29) is 16.9 Å². The van der Waals surface area contributed by atoms with Crippen LogP contribution in [0.2, 0.25) is 19.6 Å². The van der Waals surface area contributed by atoms with Gasteiger partial charge in [0.25, 0.3) is 10.0 Å². The van der Waals surface area contributed by atoms with Crippen LogP contribution in [0.5, 0.6) is 0 Å². The highest BCUT2D eigenvalue weighted by atomic mass is 32.2. The highest BCUT2D eigenvalue weighted by Gasteiger charge is 2.41. The van der Waals surface area contributed by atoms with Crippen LogP contribution in [-0.4, -0.2) is 33.3 Å². The third-order valence-electron chi connectivity index (χ3n) is 2.96. The van der Waals surface area contributed by atoms with Crippen LogP contribution in [-0.2, 0) is 14.8 Å². The summed E-state index contributed by atoms with van der Waals surface area (Å²) >= 11 is 0. The lowest BCUT2D eigenvalue weighted by molar-refractivity contribution is 0.0993. The second kappa shape index (κ2) is 6.65. The van der Waals surface area contributed by atoms with Crippen molar-refractivity contribution in [3.05, 3.63) is 29.8 Å². The number of carbonyl (C=O) groups is 1. The molecule has 5 nitrogen and oxygen atoms in total. The molecular weight excluding hydrogens is 330 g/mol. The Hall–Kier alpha value is -1.34. The second-order valence-electron chi connectivity index (χ2n) is 7.87. The normalized spacial score (nSPS) is 12.8. The predicted molar refractivity (Wildman–Crippen MR) is 94.4 cm³/mol. The van der Waals surface area contributed by atoms with Crippen molar-refractivity contribution >= 4 is 24.4 Å². The molecule has 1 aromatic rings. The zero-order chi connectivity index (χ0) is 18.1. The lowest BCUT2D eigenvalue weighted by Gasteiger charge is -2.33. The summed E-state index contributed by atoms with van der Waals surface area (Å²) in [5, 5.41) is 0. The summed E-state index contributed by atoms with van der Waals surface area (Å²) in [6, 6.07) is 6.48. The molecule has 0 aliphatic carbocycles. The smallest absolute Gasteiger partial charge is 0.415 e. The molecule has 1 rings (SSSR count). The van der Waals surface area contributed by atoms with Crippen LogP contribution < -0.4 is 0 Å². The molecule has 0 spiro atoms. The molecule has 0 aliphatic heterocycles. The Balaban J connectivity index is 3.21. The number of rotatable bonds is 4. The largest absolute Gasteiger partial charge is 0.449 e. The summed E-state index contributed by atoms with van der Waals surface area (Å²) in [5.74, 6) is 0. The molecule has 0 bridgehead atoms. The molecule has 0 fully saturated rings. The van der Waals surface area contributed by atoms with Crippen LogP contribution in [0.3, 0.4) is 0 Å². The summed E-state index contributed by atoms with van der Waals surface area (Å²) in [5.41, 5.74) is 0.729. The monoisotopic (exact) mass is 357 g/mol. The average Bonchev–Trinajstić information content (AvgIpc) is 2.34. The van der Waals surface area contributed by atoms with Crippen molar-refractivity contribution in [3.8, 4) is 0 Å². The molecular formula is C16H27NO4SSi. The van der Waals surface area contributed by atoms with Gasteiger partial charge in [-0.1, -0.05) is 58.1 Å². The molecule has 1 amide bonds. The molecule has 0 saturated heterocycles. The zero-order valence-corrected chi connectivity index (χ0v) is 16.8. The van der Waals surface area contributed by atoms with Crippen LogP contribution in [0.15, 0.2) is 29.2 Å². The minimum absolute atomic E-state index is 0.109. The molecule has 1 aromatic carbocycles. The van der Waals surface area contributed by atoms with E-state index in [2.05, 4.69) is 0 Å². The second-order valence-corrected chi connectivity index (χ2v) is 14.8. The molecule has 0 saturated carbocycles. The lowest BCUT2D eigenvalue weighted by Crippen LogP contribution is -2.53. The number of ether oxygens (including phenoxy) is 1. The minimum atomic E-state index is -3.92. The van der Waals surface area contributed by atoms with E-state index >= 15 is 0 Å². The maximum Gasteiger partial charge on any atom is 0.415 e. The van der Waals surface area contributed by atoms with E-state index in [0.29, 0.717) is 0 Å². The molecule has 0 aromatic heterocycles. The van der Waals surface area contributed by atoms with E-state index in [0.717, 1.165) is 9.53 Å². The fourth-order valence-corrected chi connectivity index (χ4v) is 6.64.